The lowest BCUT2D eigenvalue weighted by molar-refractivity contribution is -0.129. The van der Waals surface area contributed by atoms with E-state index in [4.69, 9.17) is 4.74 Å². The Kier molecular flexibility index (Phi) is 6.97. The maximum atomic E-state index is 11.8. The van der Waals surface area contributed by atoms with Crippen LogP contribution in [-0.4, -0.2) is 60.5 Å². The summed E-state index contributed by atoms with van der Waals surface area (Å²) >= 11 is 0. The van der Waals surface area contributed by atoms with Crippen LogP contribution in [0.5, 0.6) is 0 Å². The van der Waals surface area contributed by atoms with Crippen molar-refractivity contribution in [1.82, 2.24) is 19.9 Å². The van der Waals surface area contributed by atoms with Crippen molar-refractivity contribution in [2.75, 3.05) is 20.7 Å². The molecule has 0 bridgehead atoms. The number of unbranched alkanes of at least 4 members (excludes halogenated alkanes) is 1. The van der Waals surface area contributed by atoms with Gasteiger partial charge >= 0.3 is 5.97 Å². The van der Waals surface area contributed by atoms with Crippen molar-refractivity contribution in [1.29, 1.82) is 0 Å². The summed E-state index contributed by atoms with van der Waals surface area (Å²) in [7, 11) is 1.97. The van der Waals surface area contributed by atoms with E-state index in [9.17, 15) is 9.59 Å². The summed E-state index contributed by atoms with van der Waals surface area (Å²) in [5.41, 5.74) is 3.36. The molecular formula is C15H24N4O3Si. The monoisotopic (exact) mass is 336 g/mol. The molecule has 0 radical (unpaired) electrons. The molecule has 1 aromatic heterocycles. The molecule has 1 aromatic rings. The number of carbonyl (C=O) groups excluding carboxylic acids is 2. The average Bonchev–Trinajstić information content (AvgIpc) is 2.89. The number of hydrogen-bond acceptors (Lipinski definition) is 5. The quantitative estimate of drug-likeness (QED) is 0.337. The lowest BCUT2D eigenvalue weighted by atomic mass is 10.3. The Balaban J connectivity index is 2.37. The molecule has 0 saturated carbocycles. The van der Waals surface area contributed by atoms with Crippen molar-refractivity contribution in [3.8, 4) is 11.5 Å². The summed E-state index contributed by atoms with van der Waals surface area (Å²) in [6, 6.07) is 0. The maximum Gasteiger partial charge on any atom is 0.360 e. The van der Waals surface area contributed by atoms with Gasteiger partial charge in [-0.2, -0.15) is 0 Å². The van der Waals surface area contributed by atoms with Crippen molar-refractivity contribution in [3.05, 3.63) is 11.9 Å². The van der Waals surface area contributed by atoms with E-state index >= 15 is 0 Å². The van der Waals surface area contributed by atoms with Gasteiger partial charge in [-0.25, -0.2) is 9.48 Å². The van der Waals surface area contributed by atoms with Gasteiger partial charge in [0, 0.05) is 20.5 Å². The molecule has 1 rings (SSSR count). The first-order valence-electron chi connectivity index (χ1n) is 7.46. The predicted molar refractivity (Wildman–Crippen MR) is 89.4 cm³/mol. The van der Waals surface area contributed by atoms with E-state index in [2.05, 4.69) is 41.4 Å². The van der Waals surface area contributed by atoms with Crippen LogP contribution in [0.25, 0.3) is 0 Å². The van der Waals surface area contributed by atoms with E-state index < -0.39 is 14.0 Å². The second-order valence-corrected chi connectivity index (χ2v) is 11.1. The van der Waals surface area contributed by atoms with Crippen LogP contribution in [0, 0.1) is 11.5 Å². The third-order valence-corrected chi connectivity index (χ3v) is 3.61. The first-order valence-corrected chi connectivity index (χ1v) is 11.0. The fourth-order valence-electron chi connectivity index (χ4n) is 1.48. The maximum absolute atomic E-state index is 11.8. The zero-order valence-corrected chi connectivity index (χ0v) is 15.4. The minimum Gasteiger partial charge on any atom is -0.461 e. The molecule has 0 spiro atoms. The third-order valence-electron chi connectivity index (χ3n) is 2.69. The largest absolute Gasteiger partial charge is 0.461 e. The molecule has 0 atom stereocenters. The van der Waals surface area contributed by atoms with E-state index in [0.29, 0.717) is 19.4 Å². The molecule has 0 N–H and O–H groups in total. The Morgan fingerprint density at radius 2 is 2.04 bits per heavy atom. The molecule has 0 unspecified atom stereocenters. The number of likely N-dealkylation sites (N-methyl/N-ethyl adjacent to an activating group) is 1. The highest BCUT2D eigenvalue weighted by atomic mass is 28.3. The molecule has 23 heavy (non-hydrogen) atoms. The molecule has 126 valence electrons. The van der Waals surface area contributed by atoms with Crippen molar-refractivity contribution in [2.24, 2.45) is 0 Å². The van der Waals surface area contributed by atoms with Gasteiger partial charge in [-0.3, -0.25) is 4.79 Å². The lowest BCUT2D eigenvalue weighted by Crippen LogP contribution is -2.26. The van der Waals surface area contributed by atoms with Gasteiger partial charge in [0.2, 0.25) is 5.91 Å². The zero-order valence-electron chi connectivity index (χ0n) is 14.4. The van der Waals surface area contributed by atoms with Crippen LogP contribution in [0.4, 0.5) is 0 Å². The molecule has 7 nitrogen and oxygen atoms in total. The molecule has 0 aliphatic carbocycles. The predicted octanol–water partition coefficient (Wildman–Crippen LogP) is 1.18. The summed E-state index contributed by atoms with van der Waals surface area (Å²) in [6.45, 7) is 6.89. The standard InChI is InChI=1S/C15H24N4O3Si/c1-18(2)14(20)12-19-11-13(16-17-19)15(21)22-9-7-6-8-10-23(3,4)5/h11H,6-7,9,12H2,1-5H3. The highest BCUT2D eigenvalue weighted by Gasteiger charge is 2.14. The van der Waals surface area contributed by atoms with E-state index in [1.807, 2.05) is 0 Å². The summed E-state index contributed by atoms with van der Waals surface area (Å²) in [4.78, 5) is 24.8. The van der Waals surface area contributed by atoms with Gasteiger partial charge in [0.15, 0.2) is 5.69 Å². The molecule has 8 heteroatoms. The van der Waals surface area contributed by atoms with E-state index in [1.54, 1.807) is 14.1 Å². The Morgan fingerprint density at radius 1 is 1.35 bits per heavy atom. The summed E-state index contributed by atoms with van der Waals surface area (Å²) in [5, 5.41) is 7.47. The fourth-order valence-corrected chi connectivity index (χ4v) is 2.13. The molecule has 0 fully saturated rings. The molecule has 0 aliphatic heterocycles. The number of aromatic nitrogens is 3. The van der Waals surface area contributed by atoms with Crippen LogP contribution >= 0.6 is 0 Å². The Bertz CT molecular complexity index is 608. The molecule has 0 aromatic carbocycles. The lowest BCUT2D eigenvalue weighted by Gasteiger charge is -2.08. The van der Waals surface area contributed by atoms with Crippen LogP contribution in [0.3, 0.4) is 0 Å². The SMILES string of the molecule is CN(C)C(=O)Cn1cc(C(=O)OCCCC#C[Si](C)(C)C)nn1. The first kappa shape index (κ1) is 18.9. The van der Waals surface area contributed by atoms with E-state index in [1.165, 1.54) is 15.8 Å². The van der Waals surface area contributed by atoms with Gasteiger partial charge in [0.05, 0.1) is 12.8 Å². The molecule has 0 saturated heterocycles. The van der Waals surface area contributed by atoms with Gasteiger partial charge in [-0.05, 0) is 6.42 Å². The third kappa shape index (κ3) is 7.60. The molecular weight excluding hydrogens is 312 g/mol. The van der Waals surface area contributed by atoms with Crippen molar-refractivity contribution < 1.29 is 14.3 Å². The number of ether oxygens (including phenoxy) is 1. The van der Waals surface area contributed by atoms with Crippen LogP contribution in [0.2, 0.25) is 19.6 Å². The van der Waals surface area contributed by atoms with Crippen molar-refractivity contribution >= 4 is 20.0 Å². The second kappa shape index (κ2) is 8.48. The summed E-state index contributed by atoms with van der Waals surface area (Å²) in [6.07, 6.45) is 2.81. The van der Waals surface area contributed by atoms with Crippen LogP contribution in [0.15, 0.2) is 6.20 Å². The smallest absolute Gasteiger partial charge is 0.360 e. The van der Waals surface area contributed by atoms with Crippen molar-refractivity contribution in [3.63, 3.8) is 0 Å². The van der Waals surface area contributed by atoms with Crippen LogP contribution in [0.1, 0.15) is 23.3 Å². The number of carbonyl (C=O) groups is 2. The van der Waals surface area contributed by atoms with E-state index in [0.717, 1.165) is 0 Å². The van der Waals surface area contributed by atoms with Crippen molar-refractivity contribution in [2.45, 2.75) is 39.0 Å². The minimum atomic E-state index is -1.33. The molecule has 1 amide bonds. The highest BCUT2D eigenvalue weighted by molar-refractivity contribution is 6.83. The fraction of sp³-hybridized carbons (Fsp3) is 0.600. The minimum absolute atomic E-state index is 0.0412. The van der Waals surface area contributed by atoms with Gasteiger partial charge in [-0.15, -0.1) is 16.6 Å². The Hall–Kier alpha value is -2.14. The molecule has 0 aliphatic rings. The van der Waals surface area contributed by atoms with Gasteiger partial charge < -0.3 is 9.64 Å². The normalized spacial score (nSPS) is 10.7. The van der Waals surface area contributed by atoms with Gasteiger partial charge in [-0.1, -0.05) is 24.9 Å². The number of nitrogens with zero attached hydrogens (tertiary/aromatic N) is 4. The van der Waals surface area contributed by atoms with Gasteiger partial charge in [0.25, 0.3) is 0 Å². The Labute approximate surface area is 138 Å². The second-order valence-electron chi connectivity index (χ2n) is 6.38. The van der Waals surface area contributed by atoms with Gasteiger partial charge in [0.1, 0.15) is 14.6 Å². The number of esters is 1. The summed E-state index contributed by atoms with van der Waals surface area (Å²) < 4.78 is 6.44. The average molecular weight is 336 g/mol. The topological polar surface area (TPSA) is 77.3 Å². The Morgan fingerprint density at radius 3 is 2.65 bits per heavy atom. The summed E-state index contributed by atoms with van der Waals surface area (Å²) in [5.74, 6) is 2.46. The van der Waals surface area contributed by atoms with E-state index in [-0.39, 0.29) is 18.1 Å². The highest BCUT2D eigenvalue weighted by Crippen LogP contribution is 2.00. The number of hydrogen-bond donors (Lipinski definition) is 0. The zero-order chi connectivity index (χ0) is 17.5. The molecule has 1 heterocycles. The number of rotatable bonds is 6. The van der Waals surface area contributed by atoms with Crippen LogP contribution < -0.4 is 0 Å². The number of amides is 1. The first-order chi connectivity index (χ1) is 10.7. The van der Waals surface area contributed by atoms with Crippen LogP contribution in [-0.2, 0) is 16.1 Å².